The van der Waals surface area contributed by atoms with Crippen molar-refractivity contribution in [1.29, 1.82) is 0 Å². The normalized spacial score (nSPS) is 19.4. The number of nitrogen functional groups attached to an aromatic ring is 1. The van der Waals surface area contributed by atoms with Crippen LogP contribution in [0.1, 0.15) is 57.3 Å². The number of carboxylic acids is 1. The quantitative estimate of drug-likeness (QED) is 0.292. The fourth-order valence-corrected chi connectivity index (χ4v) is 6.10. The summed E-state index contributed by atoms with van der Waals surface area (Å²) in [6, 6.07) is 12.4. The van der Waals surface area contributed by atoms with Gasteiger partial charge in [0, 0.05) is 36.3 Å². The van der Waals surface area contributed by atoms with Crippen molar-refractivity contribution < 1.29 is 27.8 Å². The molecule has 0 bridgehead atoms. The van der Waals surface area contributed by atoms with Crippen molar-refractivity contribution >= 4 is 29.3 Å². The summed E-state index contributed by atoms with van der Waals surface area (Å²) in [5, 5.41) is 12.7. The summed E-state index contributed by atoms with van der Waals surface area (Å²) >= 11 is 6.27. The highest BCUT2D eigenvalue weighted by Gasteiger charge is 2.46. The van der Waals surface area contributed by atoms with Gasteiger partial charge in [-0.25, -0.2) is 0 Å². The van der Waals surface area contributed by atoms with Crippen LogP contribution in [0.5, 0.6) is 5.88 Å². The Kier molecular flexibility index (Phi) is 8.26. The zero-order valence-corrected chi connectivity index (χ0v) is 25.0. The lowest BCUT2D eigenvalue weighted by atomic mass is 9.76. The number of aromatic nitrogens is 2. The first-order valence-corrected chi connectivity index (χ1v) is 14.5. The van der Waals surface area contributed by atoms with Crippen molar-refractivity contribution in [3.63, 3.8) is 0 Å². The lowest BCUT2D eigenvalue weighted by molar-refractivity contribution is -0.198. The largest absolute Gasteiger partial charge is 0.480 e. The number of benzene rings is 2. The zero-order valence-electron chi connectivity index (χ0n) is 24.2. The molecule has 12 heteroatoms. The van der Waals surface area contributed by atoms with E-state index in [9.17, 15) is 23.1 Å². The van der Waals surface area contributed by atoms with E-state index in [0.717, 1.165) is 5.56 Å². The number of nitrogens with two attached hydrogens (primary N) is 1. The molecule has 2 atom stereocenters. The summed E-state index contributed by atoms with van der Waals surface area (Å²) in [5.74, 6) is -1.03. The van der Waals surface area contributed by atoms with E-state index < -0.39 is 24.3 Å². The number of nitrogens with one attached hydrogen (secondary N) is 1. The minimum absolute atomic E-state index is 0.108. The minimum atomic E-state index is -4.79. The van der Waals surface area contributed by atoms with Gasteiger partial charge in [0.05, 0.1) is 0 Å². The highest BCUT2D eigenvalue weighted by Crippen LogP contribution is 2.44. The van der Waals surface area contributed by atoms with Gasteiger partial charge in [-0.2, -0.15) is 23.1 Å². The molecule has 3 aromatic rings. The van der Waals surface area contributed by atoms with Crippen LogP contribution >= 0.6 is 11.6 Å². The standard InChI is InChI=1S/C31H35ClF3N5O3/c1-29(2,3)19-6-4-5-18(13-19)22-14-20(32)7-8-21(22)26(31(33,34)35)43-25-15-24(38-28(36)39-25)40-11-9-30(10-12-40)16-23(27(41)42)37-17-30/h4-8,13-15,23,26,37H,9-12,16-17H2,1-3H3,(H,41,42)(H2,36,38,39)/t23-,26+/m0/s1. The third-order valence-electron chi connectivity index (χ3n) is 8.39. The number of carbonyl (C=O) groups is 1. The molecule has 0 aliphatic carbocycles. The third kappa shape index (κ3) is 6.83. The molecule has 43 heavy (non-hydrogen) atoms. The molecule has 0 saturated carbocycles. The number of halogens is 4. The topological polar surface area (TPSA) is 114 Å². The minimum Gasteiger partial charge on any atom is -0.480 e. The summed E-state index contributed by atoms with van der Waals surface area (Å²) in [4.78, 5) is 21.6. The monoisotopic (exact) mass is 617 g/mol. The van der Waals surface area contributed by atoms with Gasteiger partial charge in [-0.05, 0) is 58.9 Å². The number of carboxylic acid groups (broad SMARTS) is 1. The van der Waals surface area contributed by atoms with Crippen LogP contribution in [0.4, 0.5) is 24.9 Å². The predicted molar refractivity (Wildman–Crippen MR) is 159 cm³/mol. The molecule has 3 heterocycles. The first-order valence-electron chi connectivity index (χ1n) is 14.1. The number of alkyl halides is 3. The summed E-state index contributed by atoms with van der Waals surface area (Å²) in [5.41, 5.74) is 7.33. The molecule has 2 aliphatic rings. The van der Waals surface area contributed by atoms with Crippen LogP contribution in [0.3, 0.4) is 0 Å². The Morgan fingerprint density at radius 3 is 2.49 bits per heavy atom. The van der Waals surface area contributed by atoms with E-state index in [1.165, 1.54) is 24.3 Å². The van der Waals surface area contributed by atoms with E-state index in [2.05, 4.69) is 15.3 Å². The van der Waals surface area contributed by atoms with Crippen LogP contribution in [-0.4, -0.2) is 52.9 Å². The maximum atomic E-state index is 14.7. The van der Waals surface area contributed by atoms with Crippen LogP contribution in [0.15, 0.2) is 48.5 Å². The molecule has 8 nitrogen and oxygen atoms in total. The molecule has 2 fully saturated rings. The molecule has 4 N–H and O–H groups in total. The van der Waals surface area contributed by atoms with E-state index in [-0.39, 0.29) is 28.2 Å². The maximum Gasteiger partial charge on any atom is 0.429 e. The summed E-state index contributed by atoms with van der Waals surface area (Å²) in [7, 11) is 0. The predicted octanol–water partition coefficient (Wildman–Crippen LogP) is 6.39. The van der Waals surface area contributed by atoms with Crippen molar-refractivity contribution in [1.82, 2.24) is 15.3 Å². The van der Waals surface area contributed by atoms with Gasteiger partial charge in [-0.1, -0.05) is 62.7 Å². The van der Waals surface area contributed by atoms with Gasteiger partial charge in [0.25, 0.3) is 0 Å². The van der Waals surface area contributed by atoms with E-state index >= 15 is 0 Å². The van der Waals surface area contributed by atoms with E-state index in [1.807, 2.05) is 43.9 Å². The fraction of sp³-hybridized carbons (Fsp3) is 0.452. The average molecular weight is 618 g/mol. The second kappa shape index (κ2) is 11.5. The number of rotatable bonds is 6. The summed E-state index contributed by atoms with van der Waals surface area (Å²) in [6.45, 7) is 7.78. The number of nitrogens with zero attached hydrogens (tertiary/aromatic N) is 3. The van der Waals surface area contributed by atoms with Crippen LogP contribution in [0.25, 0.3) is 11.1 Å². The Bertz CT molecular complexity index is 1500. The molecule has 230 valence electrons. The van der Waals surface area contributed by atoms with Crippen molar-refractivity contribution in [3.05, 3.63) is 64.7 Å². The van der Waals surface area contributed by atoms with Gasteiger partial charge < -0.3 is 25.8 Å². The van der Waals surface area contributed by atoms with Crippen molar-refractivity contribution in [3.8, 4) is 17.0 Å². The molecule has 5 rings (SSSR count). The number of hydrogen-bond acceptors (Lipinski definition) is 7. The molecule has 1 spiro atoms. The molecule has 2 aliphatic heterocycles. The van der Waals surface area contributed by atoms with E-state index in [0.29, 0.717) is 60.9 Å². The van der Waals surface area contributed by atoms with Gasteiger partial charge in [-0.3, -0.25) is 4.79 Å². The first kappa shape index (κ1) is 30.9. The summed E-state index contributed by atoms with van der Waals surface area (Å²) < 4.78 is 49.6. The number of piperidine rings is 1. The van der Waals surface area contributed by atoms with Gasteiger partial charge >= 0.3 is 12.1 Å². The molecular weight excluding hydrogens is 583 g/mol. The maximum absolute atomic E-state index is 14.7. The van der Waals surface area contributed by atoms with Gasteiger partial charge in [0.15, 0.2) is 0 Å². The molecule has 1 aromatic heterocycles. The molecule has 0 unspecified atom stereocenters. The van der Waals surface area contributed by atoms with Gasteiger partial charge in [0.1, 0.15) is 11.9 Å². The number of aliphatic carboxylic acids is 1. The lowest BCUT2D eigenvalue weighted by Crippen LogP contribution is -2.41. The second-order valence-corrected chi connectivity index (χ2v) is 12.9. The first-order chi connectivity index (χ1) is 20.1. The Balaban J connectivity index is 1.43. The number of anilines is 2. The Morgan fingerprint density at radius 2 is 1.86 bits per heavy atom. The van der Waals surface area contributed by atoms with E-state index in [1.54, 1.807) is 6.07 Å². The van der Waals surface area contributed by atoms with Crippen LogP contribution in [0, 0.1) is 5.41 Å². The van der Waals surface area contributed by atoms with Crippen LogP contribution in [-0.2, 0) is 10.2 Å². The molecule has 0 amide bonds. The second-order valence-electron chi connectivity index (χ2n) is 12.5. The lowest BCUT2D eigenvalue weighted by Gasteiger charge is -2.39. The molecule has 2 aromatic carbocycles. The molecule has 2 saturated heterocycles. The number of ether oxygens (including phenoxy) is 1. The number of hydrogen-bond donors (Lipinski definition) is 3. The highest BCUT2D eigenvalue weighted by atomic mass is 35.5. The third-order valence-corrected chi connectivity index (χ3v) is 8.62. The van der Waals surface area contributed by atoms with E-state index in [4.69, 9.17) is 22.1 Å². The molecule has 0 radical (unpaired) electrons. The Labute approximate surface area is 253 Å². The zero-order chi connectivity index (χ0) is 31.2. The fourth-order valence-electron chi connectivity index (χ4n) is 5.92. The van der Waals surface area contributed by atoms with Crippen LogP contribution < -0.4 is 20.7 Å². The Morgan fingerprint density at radius 1 is 1.14 bits per heavy atom. The van der Waals surface area contributed by atoms with Crippen molar-refractivity contribution in [2.45, 2.75) is 63.8 Å². The van der Waals surface area contributed by atoms with Crippen molar-refractivity contribution in [2.75, 3.05) is 30.3 Å². The van der Waals surface area contributed by atoms with Crippen LogP contribution in [0.2, 0.25) is 5.02 Å². The average Bonchev–Trinajstić information content (AvgIpc) is 3.35. The van der Waals surface area contributed by atoms with Crippen molar-refractivity contribution in [2.24, 2.45) is 5.41 Å². The highest BCUT2D eigenvalue weighted by molar-refractivity contribution is 6.30. The summed E-state index contributed by atoms with van der Waals surface area (Å²) in [6.07, 6.45) is -5.21. The van der Waals surface area contributed by atoms with Gasteiger partial charge in [-0.15, -0.1) is 0 Å². The molecular formula is C31H35ClF3N5O3. The van der Waals surface area contributed by atoms with Gasteiger partial charge in [0.2, 0.25) is 17.9 Å². The Hall–Kier alpha value is -3.57. The SMILES string of the molecule is CC(C)(C)c1cccc(-c2cc(Cl)ccc2[C@@H](Oc2cc(N3CCC4(CC3)CN[C@H](C(=O)O)C4)nc(N)n2)C(F)(F)F)c1. The smallest absolute Gasteiger partial charge is 0.429 e.